The molecule has 0 atom stereocenters. The van der Waals surface area contributed by atoms with Crippen molar-refractivity contribution in [2.45, 2.75) is 0 Å². The predicted molar refractivity (Wildman–Crippen MR) is 66.9 cm³/mol. The maximum Gasteiger partial charge on any atom is 0.0686 e. The third-order valence-corrected chi connectivity index (χ3v) is 2.89. The molecule has 2 heteroatoms. The summed E-state index contributed by atoms with van der Waals surface area (Å²) in [4.78, 5) is 0. The fourth-order valence-electron chi connectivity index (χ4n) is 2.15. The van der Waals surface area contributed by atoms with E-state index in [9.17, 15) is 0 Å². The van der Waals surface area contributed by atoms with E-state index in [4.69, 9.17) is 5.21 Å². The second-order valence-corrected chi connectivity index (χ2v) is 3.80. The van der Waals surface area contributed by atoms with Crippen LogP contribution in [0, 0.1) is 0 Å². The normalized spacial score (nSPS) is 10.8. The Morgan fingerprint density at radius 1 is 0.750 bits per heavy atom. The number of hydrogen-bond donors (Lipinski definition) is 2. The average Bonchev–Trinajstić information content (AvgIpc) is 2.38. The van der Waals surface area contributed by atoms with Gasteiger partial charge in [-0.25, -0.2) is 0 Å². The lowest BCUT2D eigenvalue weighted by atomic mass is 10.0. The Morgan fingerprint density at radius 3 is 2.12 bits per heavy atom. The minimum absolute atomic E-state index is 0.745. The van der Waals surface area contributed by atoms with Gasteiger partial charge >= 0.3 is 0 Å². The smallest absolute Gasteiger partial charge is 0.0686 e. The fourth-order valence-corrected chi connectivity index (χ4v) is 2.15. The molecule has 0 aliphatic rings. The Morgan fingerprint density at radius 2 is 1.38 bits per heavy atom. The molecule has 0 radical (unpaired) electrons. The van der Waals surface area contributed by atoms with Gasteiger partial charge in [0.2, 0.25) is 0 Å². The van der Waals surface area contributed by atoms with Gasteiger partial charge in [0.05, 0.1) is 5.69 Å². The van der Waals surface area contributed by atoms with Crippen LogP contribution in [0.4, 0.5) is 5.69 Å². The van der Waals surface area contributed by atoms with Gasteiger partial charge in [-0.1, -0.05) is 48.5 Å². The molecule has 0 aromatic heterocycles. The maximum atomic E-state index is 9.15. The molecule has 0 spiro atoms. The molecular formula is C14H11NO. The summed E-state index contributed by atoms with van der Waals surface area (Å²) in [6.45, 7) is 0. The van der Waals surface area contributed by atoms with E-state index in [0.717, 1.165) is 21.8 Å². The number of fused-ring (bicyclic) bond motifs is 3. The van der Waals surface area contributed by atoms with Crippen molar-refractivity contribution in [2.24, 2.45) is 0 Å². The lowest BCUT2D eigenvalue weighted by molar-refractivity contribution is 0.390. The molecule has 0 unspecified atom stereocenters. The summed E-state index contributed by atoms with van der Waals surface area (Å²) in [5.74, 6) is 0. The zero-order chi connectivity index (χ0) is 11.0. The SMILES string of the molecule is ONc1cc2ccccc2c2ccccc12. The summed E-state index contributed by atoms with van der Waals surface area (Å²) < 4.78 is 0. The second-order valence-electron chi connectivity index (χ2n) is 3.80. The zero-order valence-electron chi connectivity index (χ0n) is 8.64. The molecular weight excluding hydrogens is 198 g/mol. The maximum absolute atomic E-state index is 9.15. The van der Waals surface area contributed by atoms with E-state index in [-0.39, 0.29) is 0 Å². The van der Waals surface area contributed by atoms with Gasteiger partial charge in [0.25, 0.3) is 0 Å². The van der Waals surface area contributed by atoms with Crippen molar-refractivity contribution in [3.63, 3.8) is 0 Å². The van der Waals surface area contributed by atoms with Gasteiger partial charge in [-0.05, 0) is 22.2 Å². The van der Waals surface area contributed by atoms with Crippen molar-refractivity contribution in [1.29, 1.82) is 0 Å². The Bertz CT molecular complexity index is 661. The molecule has 3 aromatic rings. The highest BCUT2D eigenvalue weighted by Crippen LogP contribution is 2.31. The molecule has 0 bridgehead atoms. The second kappa shape index (κ2) is 3.51. The van der Waals surface area contributed by atoms with E-state index in [2.05, 4.69) is 17.6 Å². The summed E-state index contributed by atoms with van der Waals surface area (Å²) in [6, 6.07) is 18.2. The lowest BCUT2D eigenvalue weighted by Gasteiger charge is -2.08. The van der Waals surface area contributed by atoms with Crippen LogP contribution in [0.25, 0.3) is 21.5 Å². The quantitative estimate of drug-likeness (QED) is 0.472. The third-order valence-electron chi connectivity index (χ3n) is 2.89. The monoisotopic (exact) mass is 209 g/mol. The molecule has 78 valence electrons. The van der Waals surface area contributed by atoms with Crippen molar-refractivity contribution in [3.05, 3.63) is 54.6 Å². The van der Waals surface area contributed by atoms with E-state index in [1.165, 1.54) is 5.39 Å². The summed E-state index contributed by atoms with van der Waals surface area (Å²) in [7, 11) is 0. The molecule has 0 heterocycles. The van der Waals surface area contributed by atoms with Crippen LogP contribution >= 0.6 is 0 Å². The number of hydrogen-bond acceptors (Lipinski definition) is 2. The van der Waals surface area contributed by atoms with Crippen molar-refractivity contribution in [2.75, 3.05) is 5.48 Å². The van der Waals surface area contributed by atoms with Gasteiger partial charge in [0.1, 0.15) is 0 Å². The average molecular weight is 209 g/mol. The highest BCUT2D eigenvalue weighted by Gasteiger charge is 2.04. The molecule has 2 nitrogen and oxygen atoms in total. The summed E-state index contributed by atoms with van der Waals surface area (Å²) in [6.07, 6.45) is 0. The number of benzene rings is 3. The molecule has 16 heavy (non-hydrogen) atoms. The van der Waals surface area contributed by atoms with Crippen LogP contribution in [0.2, 0.25) is 0 Å². The van der Waals surface area contributed by atoms with Crippen molar-refractivity contribution in [1.82, 2.24) is 0 Å². The van der Waals surface area contributed by atoms with Crippen LogP contribution < -0.4 is 5.48 Å². The summed E-state index contributed by atoms with van der Waals surface area (Å²) >= 11 is 0. The molecule has 0 fully saturated rings. The van der Waals surface area contributed by atoms with E-state index < -0.39 is 0 Å². The van der Waals surface area contributed by atoms with Crippen LogP contribution in [0.1, 0.15) is 0 Å². The largest absolute Gasteiger partial charge is 0.291 e. The molecule has 0 saturated carbocycles. The highest BCUT2D eigenvalue weighted by atomic mass is 16.5. The van der Waals surface area contributed by atoms with Gasteiger partial charge in [-0.3, -0.25) is 10.7 Å². The molecule has 3 rings (SSSR count). The molecule has 3 aromatic carbocycles. The fraction of sp³-hybridized carbons (Fsp3) is 0. The molecule has 0 aliphatic heterocycles. The topological polar surface area (TPSA) is 32.3 Å². The van der Waals surface area contributed by atoms with E-state index >= 15 is 0 Å². The predicted octanol–water partition coefficient (Wildman–Crippen LogP) is 3.79. The van der Waals surface area contributed by atoms with Crippen LogP contribution in [-0.2, 0) is 0 Å². The standard InChI is InChI=1S/C14H11NO/c16-15-14-9-10-5-1-2-6-11(10)12-7-3-4-8-13(12)14/h1-9,15-16H. The van der Waals surface area contributed by atoms with E-state index in [0.29, 0.717) is 0 Å². The first kappa shape index (κ1) is 9.19. The minimum Gasteiger partial charge on any atom is -0.291 e. The van der Waals surface area contributed by atoms with Crippen LogP contribution in [-0.4, -0.2) is 5.21 Å². The van der Waals surface area contributed by atoms with E-state index in [1.807, 2.05) is 42.5 Å². The highest BCUT2D eigenvalue weighted by molar-refractivity contribution is 6.12. The van der Waals surface area contributed by atoms with Gasteiger partial charge in [-0.2, -0.15) is 0 Å². The number of nitrogens with one attached hydrogen (secondary N) is 1. The Balaban J connectivity index is 2.57. The summed E-state index contributed by atoms with van der Waals surface area (Å²) in [5, 5.41) is 13.7. The zero-order valence-corrected chi connectivity index (χ0v) is 8.64. The van der Waals surface area contributed by atoms with Crippen LogP contribution in [0.15, 0.2) is 54.6 Å². The lowest BCUT2D eigenvalue weighted by Crippen LogP contribution is -1.91. The van der Waals surface area contributed by atoms with Gasteiger partial charge in [-0.15, -0.1) is 0 Å². The van der Waals surface area contributed by atoms with E-state index in [1.54, 1.807) is 0 Å². The van der Waals surface area contributed by atoms with Gasteiger partial charge < -0.3 is 0 Å². The first-order valence-corrected chi connectivity index (χ1v) is 5.21. The molecule has 2 N–H and O–H groups in total. The Kier molecular flexibility index (Phi) is 2.01. The van der Waals surface area contributed by atoms with Crippen LogP contribution in [0.3, 0.4) is 0 Å². The van der Waals surface area contributed by atoms with Gasteiger partial charge in [0.15, 0.2) is 0 Å². The molecule has 0 aliphatic carbocycles. The Labute approximate surface area is 93.1 Å². The number of anilines is 1. The van der Waals surface area contributed by atoms with Crippen molar-refractivity contribution < 1.29 is 5.21 Å². The Hall–Kier alpha value is -2.06. The van der Waals surface area contributed by atoms with Crippen LogP contribution in [0.5, 0.6) is 0 Å². The number of rotatable bonds is 1. The summed E-state index contributed by atoms with van der Waals surface area (Å²) in [5.41, 5.74) is 3.01. The first-order chi connectivity index (χ1) is 7.90. The molecule has 0 saturated heterocycles. The van der Waals surface area contributed by atoms with Gasteiger partial charge in [0, 0.05) is 5.39 Å². The van der Waals surface area contributed by atoms with Crippen molar-refractivity contribution in [3.8, 4) is 0 Å². The first-order valence-electron chi connectivity index (χ1n) is 5.21. The van der Waals surface area contributed by atoms with Crippen molar-refractivity contribution >= 4 is 27.2 Å². The molecule has 0 amide bonds. The third kappa shape index (κ3) is 1.24. The minimum atomic E-state index is 0.745.